The van der Waals surface area contributed by atoms with Gasteiger partial charge in [-0.1, -0.05) is 6.92 Å². The Morgan fingerprint density at radius 1 is 1.50 bits per heavy atom. The van der Waals surface area contributed by atoms with Crippen molar-refractivity contribution in [3.05, 3.63) is 4.72 Å². The van der Waals surface area contributed by atoms with Gasteiger partial charge in [0.25, 0.3) is 0 Å². The maximum Gasteiger partial charge on any atom is 1.00 e. The van der Waals surface area contributed by atoms with Gasteiger partial charge in [0.2, 0.25) is 0 Å². The molecule has 0 atom stereocenters. The Labute approximate surface area is 72.2 Å². The molecule has 0 saturated carbocycles. The Morgan fingerprint density at radius 3 is 1.88 bits per heavy atom. The fourth-order valence-corrected chi connectivity index (χ4v) is 0.387. The molecule has 0 aliphatic heterocycles. The Hall–Kier alpha value is 0.910. The van der Waals surface area contributed by atoms with Crippen molar-refractivity contribution in [3.8, 4) is 0 Å². The molecule has 0 fully saturated rings. The number of hydrogen-bond acceptors (Lipinski definition) is 2. The summed E-state index contributed by atoms with van der Waals surface area (Å²) in [6, 6.07) is 0. The van der Waals surface area contributed by atoms with E-state index in [4.69, 9.17) is 0 Å². The maximum atomic E-state index is 10.2. The van der Waals surface area contributed by atoms with Gasteiger partial charge >= 0.3 is 29.6 Å². The van der Waals surface area contributed by atoms with Crippen LogP contribution in [0.3, 0.4) is 0 Å². The molecule has 0 spiro atoms. The minimum Gasteiger partial charge on any atom is -0.552 e. The molecule has 0 unspecified atom stereocenters. The summed E-state index contributed by atoms with van der Waals surface area (Å²) in [5.74, 6) is 0.101. The first-order valence-electron chi connectivity index (χ1n) is 1.96. The van der Waals surface area contributed by atoms with E-state index in [1.165, 1.54) is 7.05 Å². The number of rotatable bonds is 2. The standard InChI is InChI=1S/C3H8NO2S.Na/c1-3-7(5,6)4-2;/h3H2,1-2H3;/q-1;+1. The molecular weight excluding hydrogens is 137 g/mol. The van der Waals surface area contributed by atoms with Gasteiger partial charge in [-0.3, -0.25) is 0 Å². The summed E-state index contributed by atoms with van der Waals surface area (Å²) >= 11 is 0. The molecule has 8 heavy (non-hydrogen) atoms. The Balaban J connectivity index is 0. The first kappa shape index (κ1) is 11.7. The topological polar surface area (TPSA) is 48.2 Å². The SMILES string of the molecule is CCS(=O)(=O)[N-]C.[Na+]. The summed E-state index contributed by atoms with van der Waals surface area (Å²) in [5, 5.41) is 0. The van der Waals surface area contributed by atoms with Gasteiger partial charge in [-0.25, -0.2) is 8.42 Å². The van der Waals surface area contributed by atoms with E-state index in [1.807, 2.05) is 0 Å². The summed E-state index contributed by atoms with van der Waals surface area (Å²) in [5.41, 5.74) is 0. The number of hydrogen-bond donors (Lipinski definition) is 0. The van der Waals surface area contributed by atoms with E-state index >= 15 is 0 Å². The van der Waals surface area contributed by atoms with Crippen molar-refractivity contribution in [3.63, 3.8) is 0 Å². The molecular formula is C3H8NNaO2S. The fourth-order valence-electron chi connectivity index (χ4n) is 0.129. The quantitative estimate of drug-likeness (QED) is 0.398. The van der Waals surface area contributed by atoms with Crippen molar-refractivity contribution in [2.45, 2.75) is 6.92 Å². The minimum atomic E-state index is -3.03. The second kappa shape index (κ2) is 4.76. The molecule has 5 heteroatoms. The predicted molar refractivity (Wildman–Crippen MR) is 28.7 cm³/mol. The van der Waals surface area contributed by atoms with Gasteiger partial charge < -0.3 is 4.72 Å². The average molecular weight is 145 g/mol. The van der Waals surface area contributed by atoms with Crippen molar-refractivity contribution in [2.24, 2.45) is 0 Å². The molecule has 0 bridgehead atoms. The van der Waals surface area contributed by atoms with Gasteiger partial charge in [0.05, 0.1) is 10.0 Å². The fraction of sp³-hybridized carbons (Fsp3) is 1.00. The summed E-state index contributed by atoms with van der Waals surface area (Å²) in [6.07, 6.45) is 0. The smallest absolute Gasteiger partial charge is 0.552 e. The van der Waals surface area contributed by atoms with Crippen molar-refractivity contribution < 1.29 is 38.0 Å². The van der Waals surface area contributed by atoms with E-state index in [0.717, 1.165) is 0 Å². The largest absolute Gasteiger partial charge is 1.00 e. The predicted octanol–water partition coefficient (Wildman–Crippen LogP) is -2.66. The first-order valence-corrected chi connectivity index (χ1v) is 3.57. The van der Waals surface area contributed by atoms with Gasteiger partial charge in [-0.05, 0) is 0 Å². The molecule has 0 aromatic carbocycles. The molecule has 0 aliphatic rings. The van der Waals surface area contributed by atoms with Gasteiger partial charge in [0.15, 0.2) is 0 Å². The summed E-state index contributed by atoms with van der Waals surface area (Å²) in [4.78, 5) is 0. The van der Waals surface area contributed by atoms with Crippen LogP contribution in [0.25, 0.3) is 4.72 Å². The molecule has 44 valence electrons. The van der Waals surface area contributed by atoms with Crippen molar-refractivity contribution >= 4 is 10.0 Å². The third kappa shape index (κ3) is 5.05. The van der Waals surface area contributed by atoms with Crippen LogP contribution in [-0.4, -0.2) is 21.2 Å². The molecule has 0 radical (unpaired) electrons. The van der Waals surface area contributed by atoms with Gasteiger partial charge in [-0.2, -0.15) is 7.05 Å². The van der Waals surface area contributed by atoms with E-state index in [1.54, 1.807) is 6.92 Å². The van der Waals surface area contributed by atoms with Gasteiger partial charge in [0, 0.05) is 5.75 Å². The van der Waals surface area contributed by atoms with Crippen LogP contribution in [0, 0.1) is 0 Å². The summed E-state index contributed by atoms with van der Waals surface area (Å²) in [6.45, 7) is 1.56. The summed E-state index contributed by atoms with van der Waals surface area (Å²) in [7, 11) is -1.76. The van der Waals surface area contributed by atoms with E-state index in [-0.39, 0.29) is 35.3 Å². The summed E-state index contributed by atoms with van der Waals surface area (Å²) < 4.78 is 23.5. The van der Waals surface area contributed by atoms with Crippen molar-refractivity contribution in [1.29, 1.82) is 0 Å². The van der Waals surface area contributed by atoms with Crippen LogP contribution in [0.2, 0.25) is 0 Å². The number of nitrogens with zero attached hydrogens (tertiary/aromatic N) is 1. The second-order valence-corrected chi connectivity index (χ2v) is 3.16. The molecule has 0 saturated heterocycles. The zero-order chi connectivity index (χ0) is 5.91. The molecule has 0 N–H and O–H groups in total. The molecule has 0 aromatic heterocycles. The van der Waals surface area contributed by atoms with Crippen molar-refractivity contribution in [1.82, 2.24) is 0 Å². The second-order valence-electron chi connectivity index (χ2n) is 1.05. The normalized spacial score (nSPS) is 10.2. The molecule has 3 nitrogen and oxygen atoms in total. The van der Waals surface area contributed by atoms with E-state index < -0.39 is 10.0 Å². The Bertz CT molecular complexity index is 120. The van der Waals surface area contributed by atoms with E-state index in [9.17, 15) is 8.42 Å². The minimum absolute atomic E-state index is 0. The Morgan fingerprint density at radius 2 is 1.88 bits per heavy atom. The van der Waals surface area contributed by atoms with E-state index in [0.29, 0.717) is 0 Å². The van der Waals surface area contributed by atoms with Crippen LogP contribution in [0.4, 0.5) is 0 Å². The average Bonchev–Trinajstić information content (AvgIpc) is 1.68. The van der Waals surface area contributed by atoms with Crippen LogP contribution in [-0.2, 0) is 10.0 Å². The first-order chi connectivity index (χ1) is 3.12. The maximum absolute atomic E-state index is 10.2. The van der Waals surface area contributed by atoms with Crippen molar-refractivity contribution in [2.75, 3.05) is 12.8 Å². The molecule has 0 aliphatic carbocycles. The van der Waals surface area contributed by atoms with Crippen LogP contribution >= 0.6 is 0 Å². The molecule has 0 aromatic rings. The third-order valence-corrected chi connectivity index (χ3v) is 1.93. The zero-order valence-corrected chi connectivity index (χ0v) is 8.20. The molecule has 0 heterocycles. The van der Waals surface area contributed by atoms with E-state index in [2.05, 4.69) is 4.72 Å². The van der Waals surface area contributed by atoms with Crippen LogP contribution < -0.4 is 29.6 Å². The van der Waals surface area contributed by atoms with Gasteiger partial charge in [0.1, 0.15) is 0 Å². The zero-order valence-electron chi connectivity index (χ0n) is 5.38. The molecule has 0 amide bonds. The monoisotopic (exact) mass is 145 g/mol. The van der Waals surface area contributed by atoms with Crippen LogP contribution in [0.15, 0.2) is 0 Å². The third-order valence-electron chi connectivity index (χ3n) is 0.643. The number of sulfonamides is 1. The van der Waals surface area contributed by atoms with Crippen LogP contribution in [0.1, 0.15) is 6.92 Å². The molecule has 0 rings (SSSR count). The Kier molecular flexibility index (Phi) is 6.94. The van der Waals surface area contributed by atoms with Crippen LogP contribution in [0.5, 0.6) is 0 Å². The van der Waals surface area contributed by atoms with Gasteiger partial charge in [-0.15, -0.1) is 0 Å².